The lowest BCUT2D eigenvalue weighted by Gasteiger charge is -2.28. The zero-order valence-corrected chi connectivity index (χ0v) is 20.6. The molecule has 1 aromatic carbocycles. The van der Waals surface area contributed by atoms with Gasteiger partial charge < -0.3 is 14.7 Å². The smallest absolute Gasteiger partial charge is 0.410 e. The number of hydrogen-bond acceptors (Lipinski definition) is 4. The Bertz CT molecular complexity index is 707. The standard InChI is InChI=1S/C27H43NO4/c1-5-6-7-8-9-10-11-21-12-14-23(15-13-21)25(30)17-16-24-18-22(20-29)19-28(24)26(31)32-27(2,3)4/h12-15,22,24,29H,5-11,16-20H2,1-4H3/t22-,24-/m0/s1. The first-order valence-corrected chi connectivity index (χ1v) is 12.5. The Hall–Kier alpha value is -1.88. The number of aliphatic hydroxyl groups is 1. The molecule has 180 valence electrons. The fourth-order valence-corrected chi connectivity index (χ4v) is 4.37. The van der Waals surface area contributed by atoms with Gasteiger partial charge in [-0.15, -0.1) is 0 Å². The molecule has 2 atom stereocenters. The van der Waals surface area contributed by atoms with E-state index in [2.05, 4.69) is 19.1 Å². The summed E-state index contributed by atoms with van der Waals surface area (Å²) in [5.74, 6) is 0.150. The molecule has 1 aromatic rings. The minimum absolute atomic E-state index is 0.0453. The summed E-state index contributed by atoms with van der Waals surface area (Å²) in [5.41, 5.74) is 1.46. The predicted molar refractivity (Wildman–Crippen MR) is 129 cm³/mol. The van der Waals surface area contributed by atoms with Gasteiger partial charge in [-0.05, 0) is 52.0 Å². The van der Waals surface area contributed by atoms with Gasteiger partial charge in [0.2, 0.25) is 0 Å². The number of likely N-dealkylation sites (tertiary alicyclic amines) is 1. The van der Waals surface area contributed by atoms with Crippen molar-refractivity contribution in [2.24, 2.45) is 5.92 Å². The number of aryl methyl sites for hydroxylation is 1. The second kappa shape index (κ2) is 13.0. The van der Waals surface area contributed by atoms with E-state index in [1.54, 1.807) is 4.90 Å². The monoisotopic (exact) mass is 445 g/mol. The Morgan fingerprint density at radius 1 is 1.06 bits per heavy atom. The summed E-state index contributed by atoms with van der Waals surface area (Å²) >= 11 is 0. The molecule has 0 unspecified atom stereocenters. The van der Waals surface area contributed by atoms with Gasteiger partial charge in [0.1, 0.15) is 5.60 Å². The minimum Gasteiger partial charge on any atom is -0.444 e. The summed E-state index contributed by atoms with van der Waals surface area (Å²) in [6, 6.07) is 7.95. The largest absolute Gasteiger partial charge is 0.444 e. The summed E-state index contributed by atoms with van der Waals surface area (Å²) in [6.07, 6.45) is 10.1. The highest BCUT2D eigenvalue weighted by molar-refractivity contribution is 5.96. The van der Waals surface area contributed by atoms with Gasteiger partial charge >= 0.3 is 6.09 Å². The fourth-order valence-electron chi connectivity index (χ4n) is 4.37. The topological polar surface area (TPSA) is 66.8 Å². The number of unbranched alkanes of at least 4 members (excludes halogenated alkanes) is 5. The van der Waals surface area contributed by atoms with E-state index in [1.165, 1.54) is 44.1 Å². The van der Waals surface area contributed by atoms with Crippen LogP contribution in [-0.4, -0.2) is 46.7 Å². The van der Waals surface area contributed by atoms with Crippen molar-refractivity contribution < 1.29 is 19.4 Å². The molecule has 32 heavy (non-hydrogen) atoms. The molecule has 5 nitrogen and oxygen atoms in total. The van der Waals surface area contributed by atoms with Gasteiger partial charge in [0.05, 0.1) is 0 Å². The molecule has 1 saturated heterocycles. The zero-order chi connectivity index (χ0) is 23.6. The third-order valence-corrected chi connectivity index (χ3v) is 6.19. The number of amides is 1. The average Bonchev–Trinajstić information content (AvgIpc) is 3.17. The molecule has 1 aliphatic rings. The lowest BCUT2D eigenvalue weighted by atomic mass is 9.98. The molecule has 1 amide bonds. The molecule has 0 aromatic heterocycles. The number of ether oxygens (including phenoxy) is 1. The number of hydrogen-bond donors (Lipinski definition) is 1. The van der Waals surface area contributed by atoms with Crippen LogP contribution >= 0.6 is 0 Å². The number of carbonyl (C=O) groups is 2. The van der Waals surface area contributed by atoms with E-state index in [0.717, 1.165) is 12.0 Å². The Morgan fingerprint density at radius 2 is 1.72 bits per heavy atom. The van der Waals surface area contributed by atoms with Crippen LogP contribution in [0.4, 0.5) is 4.79 Å². The van der Waals surface area contributed by atoms with Gasteiger partial charge in [-0.3, -0.25) is 4.79 Å². The van der Waals surface area contributed by atoms with Crippen molar-refractivity contribution in [1.29, 1.82) is 0 Å². The molecule has 0 spiro atoms. The van der Waals surface area contributed by atoms with Crippen LogP contribution < -0.4 is 0 Å². The van der Waals surface area contributed by atoms with Crippen LogP contribution in [0.5, 0.6) is 0 Å². The Morgan fingerprint density at radius 3 is 2.34 bits per heavy atom. The molecular formula is C27H43NO4. The highest BCUT2D eigenvalue weighted by Crippen LogP contribution is 2.28. The molecule has 1 N–H and O–H groups in total. The first kappa shape index (κ1) is 26.4. The fraction of sp³-hybridized carbons (Fsp3) is 0.704. The van der Waals surface area contributed by atoms with E-state index < -0.39 is 5.60 Å². The number of carbonyl (C=O) groups excluding carboxylic acids is 2. The Labute approximate surface area is 194 Å². The lowest BCUT2D eigenvalue weighted by Crippen LogP contribution is -2.40. The van der Waals surface area contributed by atoms with Gasteiger partial charge in [0.25, 0.3) is 0 Å². The summed E-state index contributed by atoms with van der Waals surface area (Å²) in [5, 5.41) is 9.57. The average molecular weight is 446 g/mol. The van der Waals surface area contributed by atoms with Crippen LogP contribution in [0.3, 0.4) is 0 Å². The quantitative estimate of drug-likeness (QED) is 0.309. The maximum Gasteiger partial charge on any atom is 0.410 e. The van der Waals surface area contributed by atoms with Crippen molar-refractivity contribution in [3.05, 3.63) is 35.4 Å². The van der Waals surface area contributed by atoms with Gasteiger partial charge in [-0.1, -0.05) is 63.3 Å². The summed E-state index contributed by atoms with van der Waals surface area (Å²) in [7, 11) is 0. The minimum atomic E-state index is -0.563. The second-order valence-electron chi connectivity index (χ2n) is 10.2. The molecule has 2 rings (SSSR count). The van der Waals surface area contributed by atoms with E-state index in [-0.39, 0.29) is 30.4 Å². The van der Waals surface area contributed by atoms with E-state index in [9.17, 15) is 14.7 Å². The molecule has 1 aliphatic heterocycles. The van der Waals surface area contributed by atoms with E-state index in [4.69, 9.17) is 4.74 Å². The van der Waals surface area contributed by atoms with Gasteiger partial charge in [-0.2, -0.15) is 0 Å². The van der Waals surface area contributed by atoms with Crippen LogP contribution in [0.1, 0.15) is 101 Å². The number of aliphatic hydroxyl groups excluding tert-OH is 1. The molecule has 1 heterocycles. The highest BCUT2D eigenvalue weighted by Gasteiger charge is 2.37. The van der Waals surface area contributed by atoms with Crippen LogP contribution in [-0.2, 0) is 11.2 Å². The van der Waals surface area contributed by atoms with Crippen molar-refractivity contribution in [3.63, 3.8) is 0 Å². The highest BCUT2D eigenvalue weighted by atomic mass is 16.6. The first-order valence-electron chi connectivity index (χ1n) is 12.5. The number of nitrogens with zero attached hydrogens (tertiary/aromatic N) is 1. The van der Waals surface area contributed by atoms with Crippen molar-refractivity contribution >= 4 is 11.9 Å². The summed E-state index contributed by atoms with van der Waals surface area (Å²) in [6.45, 7) is 8.30. The zero-order valence-electron chi connectivity index (χ0n) is 20.6. The van der Waals surface area contributed by atoms with Crippen molar-refractivity contribution in [1.82, 2.24) is 4.90 Å². The Kier molecular flexibility index (Phi) is 10.7. The summed E-state index contributed by atoms with van der Waals surface area (Å²) < 4.78 is 5.53. The van der Waals surface area contributed by atoms with Crippen LogP contribution in [0.15, 0.2) is 24.3 Å². The summed E-state index contributed by atoms with van der Waals surface area (Å²) in [4.78, 5) is 27.0. The molecule has 0 aliphatic carbocycles. The SMILES string of the molecule is CCCCCCCCc1ccc(C(=O)CC[C@H]2C[C@H](CO)CN2C(=O)OC(C)(C)C)cc1. The maximum absolute atomic E-state index is 12.7. The van der Waals surface area contributed by atoms with E-state index in [1.807, 2.05) is 32.9 Å². The maximum atomic E-state index is 12.7. The van der Waals surface area contributed by atoms with E-state index in [0.29, 0.717) is 25.8 Å². The van der Waals surface area contributed by atoms with Crippen molar-refractivity contribution in [2.45, 2.75) is 104 Å². The van der Waals surface area contributed by atoms with Crippen molar-refractivity contribution in [3.8, 4) is 0 Å². The molecule has 5 heteroatoms. The molecular weight excluding hydrogens is 402 g/mol. The van der Waals surface area contributed by atoms with Gasteiger partial charge in [0.15, 0.2) is 5.78 Å². The number of Topliss-reactive ketones (excluding diaryl/α,β-unsaturated/α-hetero) is 1. The third kappa shape index (κ3) is 8.93. The van der Waals surface area contributed by atoms with Crippen molar-refractivity contribution in [2.75, 3.05) is 13.2 Å². The molecule has 0 saturated carbocycles. The normalized spacial score (nSPS) is 18.7. The Balaban J connectivity index is 1.82. The molecule has 0 radical (unpaired) electrons. The van der Waals surface area contributed by atoms with Crippen LogP contribution in [0, 0.1) is 5.92 Å². The van der Waals surface area contributed by atoms with E-state index >= 15 is 0 Å². The number of rotatable bonds is 12. The number of benzene rings is 1. The van der Waals surface area contributed by atoms with Gasteiger partial charge in [-0.25, -0.2) is 4.79 Å². The third-order valence-electron chi connectivity index (χ3n) is 6.19. The van der Waals surface area contributed by atoms with Gasteiger partial charge in [0, 0.05) is 37.1 Å². The lowest BCUT2D eigenvalue weighted by molar-refractivity contribution is 0.0210. The number of ketones is 1. The molecule has 0 bridgehead atoms. The van der Waals surface area contributed by atoms with Crippen LogP contribution in [0.2, 0.25) is 0 Å². The second-order valence-corrected chi connectivity index (χ2v) is 10.2. The predicted octanol–water partition coefficient (Wildman–Crippen LogP) is 6.17. The first-order chi connectivity index (χ1) is 15.2. The van der Waals surface area contributed by atoms with Crippen LogP contribution in [0.25, 0.3) is 0 Å². The molecule has 1 fully saturated rings.